The lowest BCUT2D eigenvalue weighted by atomic mass is 9.88. The van der Waals surface area contributed by atoms with Gasteiger partial charge >= 0.3 is 0 Å². The van der Waals surface area contributed by atoms with E-state index >= 15 is 0 Å². The molecule has 1 aromatic carbocycles. The molecule has 0 saturated carbocycles. The predicted octanol–water partition coefficient (Wildman–Crippen LogP) is 4.51. The van der Waals surface area contributed by atoms with Crippen LogP contribution in [0.5, 0.6) is 0 Å². The van der Waals surface area contributed by atoms with Crippen molar-refractivity contribution in [1.29, 1.82) is 0 Å². The Labute approximate surface area is 182 Å². The number of nitrogens with one attached hydrogen (secondary N) is 1. The average molecular weight is 421 g/mol. The van der Waals surface area contributed by atoms with Gasteiger partial charge in [-0.1, -0.05) is 38.1 Å². The number of Topliss-reactive ketones (excluding diaryl/α,β-unsaturated/α-hetero) is 1. The zero-order valence-electron chi connectivity index (χ0n) is 18.0. The minimum Gasteiger partial charge on any atom is -0.343 e. The topological polar surface area (TPSA) is 49.4 Å². The van der Waals surface area contributed by atoms with Crippen LogP contribution < -0.4 is 5.32 Å². The lowest BCUT2D eigenvalue weighted by Gasteiger charge is -2.32. The molecule has 0 radical (unpaired) electrons. The number of halogens is 1. The second-order valence-corrected chi connectivity index (χ2v) is 9.05. The van der Waals surface area contributed by atoms with Crippen LogP contribution in [0.4, 0.5) is 0 Å². The van der Waals surface area contributed by atoms with Gasteiger partial charge in [0.15, 0.2) is 5.78 Å². The standard InChI is InChI=1S/C24H36N2O2.ClH/c1-18(2)17-20-3-6-21(7-4-20)24(28)22-11-15-26(16-12-22)23(27)8-5-19-9-13-25-14-10-19;/h3-4,6-7,18-19,22,25H,5,8-17H2,1-2H3;1H. The lowest BCUT2D eigenvalue weighted by molar-refractivity contribution is -0.132. The Kier molecular flexibility index (Phi) is 9.64. The summed E-state index contributed by atoms with van der Waals surface area (Å²) in [4.78, 5) is 27.4. The van der Waals surface area contributed by atoms with Crippen molar-refractivity contribution in [2.75, 3.05) is 26.2 Å². The Morgan fingerprint density at radius 3 is 2.24 bits per heavy atom. The summed E-state index contributed by atoms with van der Waals surface area (Å²) < 4.78 is 0. The first-order valence-corrected chi connectivity index (χ1v) is 11.1. The van der Waals surface area contributed by atoms with Gasteiger partial charge in [0.2, 0.25) is 5.91 Å². The van der Waals surface area contributed by atoms with E-state index in [1.807, 2.05) is 17.0 Å². The Balaban J connectivity index is 0.00000300. The highest BCUT2D eigenvalue weighted by Crippen LogP contribution is 2.24. The number of likely N-dealkylation sites (tertiary alicyclic amines) is 1. The molecule has 0 unspecified atom stereocenters. The Morgan fingerprint density at radius 2 is 1.66 bits per heavy atom. The fourth-order valence-electron chi connectivity index (χ4n) is 4.56. The summed E-state index contributed by atoms with van der Waals surface area (Å²) in [5.74, 6) is 1.91. The number of carbonyl (C=O) groups is 2. The number of hydrogen-bond donors (Lipinski definition) is 1. The van der Waals surface area contributed by atoms with Crippen molar-refractivity contribution in [3.63, 3.8) is 0 Å². The molecule has 1 aromatic rings. The maximum atomic E-state index is 12.8. The maximum absolute atomic E-state index is 12.8. The van der Waals surface area contributed by atoms with Crippen LogP contribution in [-0.4, -0.2) is 42.8 Å². The van der Waals surface area contributed by atoms with E-state index in [2.05, 4.69) is 31.3 Å². The van der Waals surface area contributed by atoms with Crippen LogP contribution in [0.2, 0.25) is 0 Å². The quantitative estimate of drug-likeness (QED) is 0.660. The smallest absolute Gasteiger partial charge is 0.222 e. The summed E-state index contributed by atoms with van der Waals surface area (Å²) in [5, 5.41) is 3.38. The summed E-state index contributed by atoms with van der Waals surface area (Å²) in [6.45, 7) is 8.05. The Hall–Kier alpha value is -1.39. The molecule has 0 spiro atoms. The van der Waals surface area contributed by atoms with Crippen LogP contribution >= 0.6 is 12.4 Å². The maximum Gasteiger partial charge on any atom is 0.222 e. The Bertz CT molecular complexity index is 645. The van der Waals surface area contributed by atoms with E-state index in [1.165, 1.54) is 18.4 Å². The van der Waals surface area contributed by atoms with E-state index in [0.29, 0.717) is 18.3 Å². The number of nitrogens with zero attached hydrogens (tertiary/aromatic N) is 1. The lowest BCUT2D eigenvalue weighted by Crippen LogP contribution is -2.40. The normalized spacial score (nSPS) is 18.5. The number of carbonyl (C=O) groups excluding carboxylic acids is 2. The number of benzene rings is 1. The van der Waals surface area contributed by atoms with Gasteiger partial charge in [-0.05, 0) is 69.0 Å². The predicted molar refractivity (Wildman–Crippen MR) is 121 cm³/mol. The Morgan fingerprint density at radius 1 is 1.03 bits per heavy atom. The number of ketones is 1. The van der Waals surface area contributed by atoms with Gasteiger partial charge in [-0.15, -0.1) is 12.4 Å². The molecule has 2 aliphatic heterocycles. The molecule has 2 saturated heterocycles. The molecule has 0 atom stereocenters. The summed E-state index contributed by atoms with van der Waals surface area (Å²) in [5.41, 5.74) is 2.11. The number of hydrogen-bond acceptors (Lipinski definition) is 3. The number of amides is 1. The molecule has 0 aromatic heterocycles. The van der Waals surface area contributed by atoms with E-state index in [4.69, 9.17) is 0 Å². The molecule has 1 amide bonds. The second-order valence-electron chi connectivity index (χ2n) is 9.05. The number of piperidine rings is 2. The van der Waals surface area contributed by atoms with Gasteiger partial charge in [-0.25, -0.2) is 0 Å². The zero-order valence-corrected chi connectivity index (χ0v) is 18.8. The minimum atomic E-state index is 0. The molecule has 0 aliphatic carbocycles. The molecule has 5 heteroatoms. The van der Waals surface area contributed by atoms with Gasteiger partial charge in [0.05, 0.1) is 0 Å². The highest BCUT2D eigenvalue weighted by atomic mass is 35.5. The molecule has 29 heavy (non-hydrogen) atoms. The highest BCUT2D eigenvalue weighted by Gasteiger charge is 2.28. The minimum absolute atomic E-state index is 0. The van der Waals surface area contributed by atoms with E-state index in [1.54, 1.807) is 0 Å². The van der Waals surface area contributed by atoms with Crippen molar-refractivity contribution in [2.45, 2.75) is 58.8 Å². The molecule has 2 aliphatic rings. The molecular weight excluding hydrogens is 384 g/mol. The third-order valence-corrected chi connectivity index (χ3v) is 6.33. The van der Waals surface area contributed by atoms with Gasteiger partial charge < -0.3 is 10.2 Å². The molecule has 0 bridgehead atoms. The third kappa shape index (κ3) is 7.11. The first-order chi connectivity index (χ1) is 13.5. The first-order valence-electron chi connectivity index (χ1n) is 11.1. The van der Waals surface area contributed by atoms with E-state index in [9.17, 15) is 9.59 Å². The summed E-state index contributed by atoms with van der Waals surface area (Å²) >= 11 is 0. The van der Waals surface area contributed by atoms with Crippen LogP contribution in [-0.2, 0) is 11.2 Å². The molecule has 2 fully saturated rings. The largest absolute Gasteiger partial charge is 0.343 e. The average Bonchev–Trinajstić information content (AvgIpc) is 2.72. The van der Waals surface area contributed by atoms with Gasteiger partial charge in [-0.3, -0.25) is 9.59 Å². The van der Waals surface area contributed by atoms with Crippen LogP contribution in [0, 0.1) is 17.8 Å². The van der Waals surface area contributed by atoms with E-state index < -0.39 is 0 Å². The van der Waals surface area contributed by atoms with Crippen molar-refractivity contribution in [1.82, 2.24) is 10.2 Å². The third-order valence-electron chi connectivity index (χ3n) is 6.33. The summed E-state index contributed by atoms with van der Waals surface area (Å²) in [6.07, 6.45) is 6.71. The van der Waals surface area contributed by atoms with Gasteiger partial charge in [0.25, 0.3) is 0 Å². The van der Waals surface area contributed by atoms with Crippen molar-refractivity contribution < 1.29 is 9.59 Å². The second kappa shape index (κ2) is 11.7. The SMILES string of the molecule is CC(C)Cc1ccc(C(=O)C2CCN(C(=O)CCC3CCNCC3)CC2)cc1.Cl. The van der Waals surface area contributed by atoms with Crippen molar-refractivity contribution in [2.24, 2.45) is 17.8 Å². The highest BCUT2D eigenvalue weighted by molar-refractivity contribution is 5.98. The van der Waals surface area contributed by atoms with E-state index in [-0.39, 0.29) is 30.0 Å². The van der Waals surface area contributed by atoms with Gasteiger partial charge in [0.1, 0.15) is 0 Å². The molecule has 162 valence electrons. The van der Waals surface area contributed by atoms with Crippen LogP contribution in [0.3, 0.4) is 0 Å². The van der Waals surface area contributed by atoms with Gasteiger partial charge in [-0.2, -0.15) is 0 Å². The molecule has 4 nitrogen and oxygen atoms in total. The number of rotatable bonds is 7. The fourth-order valence-corrected chi connectivity index (χ4v) is 4.56. The summed E-state index contributed by atoms with van der Waals surface area (Å²) in [6, 6.07) is 8.15. The van der Waals surface area contributed by atoms with Crippen molar-refractivity contribution in [3.8, 4) is 0 Å². The molecule has 1 N–H and O–H groups in total. The van der Waals surface area contributed by atoms with Crippen molar-refractivity contribution >= 4 is 24.1 Å². The first kappa shape index (κ1) is 23.9. The van der Waals surface area contributed by atoms with Crippen molar-refractivity contribution in [3.05, 3.63) is 35.4 Å². The van der Waals surface area contributed by atoms with E-state index in [0.717, 1.165) is 57.4 Å². The van der Waals surface area contributed by atoms with Crippen LogP contribution in [0.1, 0.15) is 68.3 Å². The fraction of sp³-hybridized carbons (Fsp3) is 0.667. The van der Waals surface area contributed by atoms with Crippen LogP contribution in [0.15, 0.2) is 24.3 Å². The monoisotopic (exact) mass is 420 g/mol. The zero-order chi connectivity index (χ0) is 19.9. The van der Waals surface area contributed by atoms with Crippen LogP contribution in [0.25, 0.3) is 0 Å². The molecule has 2 heterocycles. The molecule has 3 rings (SSSR count). The van der Waals surface area contributed by atoms with Gasteiger partial charge in [0, 0.05) is 31.0 Å². The molecular formula is C24H37ClN2O2. The summed E-state index contributed by atoms with van der Waals surface area (Å²) in [7, 11) is 0.